The minimum Gasteiger partial charge on any atom is -0.348 e. The van der Waals surface area contributed by atoms with Crippen LogP contribution in [0.5, 0.6) is 0 Å². The van der Waals surface area contributed by atoms with Gasteiger partial charge in [0.25, 0.3) is 0 Å². The third-order valence-electron chi connectivity index (χ3n) is 4.59. The molecule has 4 rings (SSSR count). The quantitative estimate of drug-likeness (QED) is 0.638. The molecule has 25 heavy (non-hydrogen) atoms. The van der Waals surface area contributed by atoms with Crippen LogP contribution >= 0.6 is 0 Å². The Bertz CT molecular complexity index is 761. The summed E-state index contributed by atoms with van der Waals surface area (Å²) in [7, 11) is 0. The molecule has 0 unspecified atom stereocenters. The summed E-state index contributed by atoms with van der Waals surface area (Å²) in [5, 5.41) is 0. The van der Waals surface area contributed by atoms with Crippen molar-refractivity contribution in [2.45, 2.75) is 19.3 Å². The Labute approximate surface area is 149 Å². The standard InChI is InChI=1S/C23H22N2/c1-4-10-20(11-5-1)18-24-16-17-25(19-21-12-6-2-7-13-21)23(24)22-14-8-3-9-15-22/h1-17,23H,18-19H2. The second kappa shape index (κ2) is 7.27. The van der Waals surface area contributed by atoms with Gasteiger partial charge in [0.1, 0.15) is 6.17 Å². The maximum atomic E-state index is 2.41. The van der Waals surface area contributed by atoms with Crippen LogP contribution in [0.2, 0.25) is 0 Å². The van der Waals surface area contributed by atoms with Crippen molar-refractivity contribution in [2.75, 3.05) is 0 Å². The van der Waals surface area contributed by atoms with Gasteiger partial charge in [0.05, 0.1) is 0 Å². The van der Waals surface area contributed by atoms with Gasteiger partial charge in [0, 0.05) is 25.5 Å². The minimum absolute atomic E-state index is 0.224. The fourth-order valence-corrected chi connectivity index (χ4v) is 3.40. The molecule has 124 valence electrons. The molecule has 2 heteroatoms. The topological polar surface area (TPSA) is 6.48 Å². The number of nitrogens with zero attached hydrogens (tertiary/aromatic N) is 2. The lowest BCUT2D eigenvalue weighted by atomic mass is 10.1. The molecule has 0 aromatic heterocycles. The molecule has 0 N–H and O–H groups in total. The summed E-state index contributed by atoms with van der Waals surface area (Å²) in [6.45, 7) is 1.81. The van der Waals surface area contributed by atoms with Crippen LogP contribution in [0.15, 0.2) is 103 Å². The van der Waals surface area contributed by atoms with Crippen LogP contribution < -0.4 is 0 Å². The van der Waals surface area contributed by atoms with E-state index >= 15 is 0 Å². The number of rotatable bonds is 5. The van der Waals surface area contributed by atoms with Gasteiger partial charge in [-0.2, -0.15) is 0 Å². The second-order valence-electron chi connectivity index (χ2n) is 6.40. The van der Waals surface area contributed by atoms with Crippen LogP contribution in [0, 0.1) is 0 Å². The molecule has 1 heterocycles. The van der Waals surface area contributed by atoms with E-state index in [4.69, 9.17) is 0 Å². The second-order valence-corrected chi connectivity index (χ2v) is 6.40. The molecule has 1 aliphatic rings. The first-order chi connectivity index (χ1) is 12.4. The predicted octanol–water partition coefficient (Wildman–Crippen LogP) is 5.17. The molecule has 0 amide bonds. The molecule has 0 atom stereocenters. The zero-order valence-corrected chi connectivity index (χ0v) is 14.2. The van der Waals surface area contributed by atoms with Crippen molar-refractivity contribution >= 4 is 0 Å². The SMILES string of the molecule is C1=CN(Cc2ccccc2)C(c2ccccc2)N1Cc1ccccc1. The van der Waals surface area contributed by atoms with E-state index in [2.05, 4.69) is 113 Å². The van der Waals surface area contributed by atoms with Crippen LogP contribution in [-0.4, -0.2) is 9.80 Å². The zero-order chi connectivity index (χ0) is 16.9. The summed E-state index contributed by atoms with van der Waals surface area (Å²) in [5.74, 6) is 0. The Kier molecular flexibility index (Phi) is 4.51. The summed E-state index contributed by atoms with van der Waals surface area (Å²) in [6.07, 6.45) is 4.66. The highest BCUT2D eigenvalue weighted by molar-refractivity contribution is 5.25. The van der Waals surface area contributed by atoms with Gasteiger partial charge in [0.15, 0.2) is 0 Å². The Balaban J connectivity index is 1.60. The Morgan fingerprint density at radius 2 is 0.920 bits per heavy atom. The monoisotopic (exact) mass is 326 g/mol. The van der Waals surface area contributed by atoms with Crippen molar-refractivity contribution in [3.8, 4) is 0 Å². The van der Waals surface area contributed by atoms with E-state index in [1.807, 2.05) is 0 Å². The van der Waals surface area contributed by atoms with E-state index in [0.29, 0.717) is 0 Å². The van der Waals surface area contributed by atoms with Crippen molar-refractivity contribution in [3.63, 3.8) is 0 Å². The van der Waals surface area contributed by atoms with Gasteiger partial charge in [0.2, 0.25) is 0 Å². The van der Waals surface area contributed by atoms with Gasteiger partial charge >= 0.3 is 0 Å². The molecule has 0 spiro atoms. The van der Waals surface area contributed by atoms with Gasteiger partial charge in [-0.05, 0) is 16.7 Å². The lowest BCUT2D eigenvalue weighted by Gasteiger charge is -2.33. The molecular formula is C23H22N2. The lowest BCUT2D eigenvalue weighted by molar-refractivity contribution is 0.143. The fourth-order valence-electron chi connectivity index (χ4n) is 3.40. The van der Waals surface area contributed by atoms with Crippen molar-refractivity contribution in [1.29, 1.82) is 0 Å². The van der Waals surface area contributed by atoms with Crippen molar-refractivity contribution in [1.82, 2.24) is 9.80 Å². The van der Waals surface area contributed by atoms with Gasteiger partial charge in [-0.3, -0.25) is 0 Å². The summed E-state index contributed by atoms with van der Waals surface area (Å²) in [4.78, 5) is 4.82. The normalized spacial score (nSPS) is 14.2. The van der Waals surface area contributed by atoms with Crippen molar-refractivity contribution in [2.24, 2.45) is 0 Å². The van der Waals surface area contributed by atoms with E-state index in [1.165, 1.54) is 16.7 Å². The smallest absolute Gasteiger partial charge is 0.128 e. The molecule has 0 aliphatic carbocycles. The van der Waals surface area contributed by atoms with Crippen LogP contribution in [-0.2, 0) is 13.1 Å². The molecule has 1 aliphatic heterocycles. The largest absolute Gasteiger partial charge is 0.348 e. The average molecular weight is 326 g/mol. The van der Waals surface area contributed by atoms with E-state index in [-0.39, 0.29) is 6.17 Å². The molecular weight excluding hydrogens is 304 g/mol. The summed E-state index contributed by atoms with van der Waals surface area (Å²) >= 11 is 0. The van der Waals surface area contributed by atoms with Gasteiger partial charge in [-0.15, -0.1) is 0 Å². The Morgan fingerprint density at radius 3 is 1.36 bits per heavy atom. The van der Waals surface area contributed by atoms with Crippen LogP contribution in [0.4, 0.5) is 0 Å². The van der Waals surface area contributed by atoms with Gasteiger partial charge in [-0.25, -0.2) is 0 Å². The summed E-state index contributed by atoms with van der Waals surface area (Å²) in [5.41, 5.74) is 3.98. The molecule has 0 fully saturated rings. The third-order valence-corrected chi connectivity index (χ3v) is 4.59. The molecule has 3 aromatic carbocycles. The predicted molar refractivity (Wildman–Crippen MR) is 102 cm³/mol. The van der Waals surface area contributed by atoms with E-state index in [0.717, 1.165) is 13.1 Å². The zero-order valence-electron chi connectivity index (χ0n) is 14.2. The molecule has 0 bridgehead atoms. The van der Waals surface area contributed by atoms with Crippen molar-refractivity contribution < 1.29 is 0 Å². The highest BCUT2D eigenvalue weighted by Crippen LogP contribution is 2.33. The molecule has 2 nitrogen and oxygen atoms in total. The molecule has 3 aromatic rings. The highest BCUT2D eigenvalue weighted by Gasteiger charge is 2.27. The molecule has 0 radical (unpaired) electrons. The van der Waals surface area contributed by atoms with Crippen molar-refractivity contribution in [3.05, 3.63) is 120 Å². The fraction of sp³-hybridized carbons (Fsp3) is 0.130. The number of hydrogen-bond donors (Lipinski definition) is 0. The van der Waals surface area contributed by atoms with Crippen LogP contribution in [0.1, 0.15) is 22.9 Å². The average Bonchev–Trinajstić information content (AvgIpc) is 3.06. The number of hydrogen-bond acceptors (Lipinski definition) is 2. The third kappa shape index (κ3) is 3.58. The summed E-state index contributed by atoms with van der Waals surface area (Å²) in [6, 6.07) is 32.1. The lowest BCUT2D eigenvalue weighted by Crippen LogP contribution is -2.30. The maximum Gasteiger partial charge on any atom is 0.128 e. The van der Waals surface area contributed by atoms with Crippen LogP contribution in [0.25, 0.3) is 0 Å². The highest BCUT2D eigenvalue weighted by atomic mass is 15.4. The van der Waals surface area contributed by atoms with Gasteiger partial charge in [-0.1, -0.05) is 91.0 Å². The Morgan fingerprint density at radius 1 is 0.520 bits per heavy atom. The van der Waals surface area contributed by atoms with Crippen LogP contribution in [0.3, 0.4) is 0 Å². The number of benzene rings is 3. The minimum atomic E-state index is 0.224. The molecule has 0 saturated heterocycles. The first-order valence-corrected chi connectivity index (χ1v) is 8.73. The Hall–Kier alpha value is -3.00. The van der Waals surface area contributed by atoms with E-state index < -0.39 is 0 Å². The molecule has 0 saturated carbocycles. The van der Waals surface area contributed by atoms with E-state index in [9.17, 15) is 0 Å². The summed E-state index contributed by atoms with van der Waals surface area (Å²) < 4.78 is 0. The van der Waals surface area contributed by atoms with Gasteiger partial charge < -0.3 is 9.80 Å². The first kappa shape index (κ1) is 15.5. The maximum absolute atomic E-state index is 2.41. The first-order valence-electron chi connectivity index (χ1n) is 8.73. The van der Waals surface area contributed by atoms with E-state index in [1.54, 1.807) is 0 Å².